The van der Waals surface area contributed by atoms with Gasteiger partial charge in [0.05, 0.1) is 13.1 Å². The molecule has 0 aromatic rings. The van der Waals surface area contributed by atoms with E-state index in [0.29, 0.717) is 6.42 Å². The van der Waals surface area contributed by atoms with E-state index >= 15 is 0 Å². The Bertz CT molecular complexity index is 276. The lowest BCUT2D eigenvalue weighted by atomic mass is 10.2. The monoisotopic (exact) mass is 257 g/mol. The van der Waals surface area contributed by atoms with Crippen LogP contribution < -0.4 is 16.4 Å². The van der Waals surface area contributed by atoms with Gasteiger partial charge in [-0.05, 0) is 6.42 Å². The Balaban J connectivity index is 0.00000225. The molecular weight excluding hydrogens is 244 g/mol. The van der Waals surface area contributed by atoms with E-state index in [1.807, 2.05) is 0 Å². The molecule has 8 heteroatoms. The maximum Gasteiger partial charge on any atom is 0.277 e. The van der Waals surface area contributed by atoms with Crippen LogP contribution in [0.25, 0.3) is 0 Å². The fourth-order valence-corrected chi connectivity index (χ4v) is 1.22. The van der Waals surface area contributed by atoms with Crippen molar-refractivity contribution in [1.82, 2.24) is 10.6 Å². The van der Waals surface area contributed by atoms with Crippen molar-refractivity contribution in [2.24, 2.45) is 5.73 Å². The Hall–Kier alpha value is -0.950. The summed E-state index contributed by atoms with van der Waals surface area (Å²) in [6.07, 6.45) is 0.601. The number of carbonyl (C=O) groups excluding carboxylic acids is 2. The molecule has 0 aromatic heterocycles. The smallest absolute Gasteiger partial charge is 0.277 e. The first-order valence-electron chi connectivity index (χ1n) is 4.59. The first kappa shape index (κ1) is 15.0. The average Bonchev–Trinajstić information content (AvgIpc) is 2.61. The molecule has 94 valence electrons. The molecule has 4 N–H and O–H groups in total. The summed E-state index contributed by atoms with van der Waals surface area (Å²) in [7, 11) is 0. The van der Waals surface area contributed by atoms with Gasteiger partial charge in [0.2, 0.25) is 11.8 Å². The molecule has 1 aliphatic heterocycles. The summed E-state index contributed by atoms with van der Waals surface area (Å²) < 4.78 is 25.3. The van der Waals surface area contributed by atoms with Crippen molar-refractivity contribution in [3.63, 3.8) is 0 Å². The van der Waals surface area contributed by atoms with Crippen molar-refractivity contribution < 1.29 is 18.4 Å². The highest BCUT2D eigenvalue weighted by Crippen LogP contribution is 2.10. The maximum absolute atomic E-state index is 12.6. The predicted octanol–water partition coefficient (Wildman–Crippen LogP) is -0.603. The van der Waals surface area contributed by atoms with Crippen LogP contribution >= 0.6 is 12.4 Å². The van der Waals surface area contributed by atoms with Crippen molar-refractivity contribution >= 4 is 24.2 Å². The number of rotatable bonds is 4. The molecule has 0 aromatic carbocycles. The van der Waals surface area contributed by atoms with Crippen LogP contribution in [0.2, 0.25) is 0 Å². The van der Waals surface area contributed by atoms with E-state index in [0.717, 1.165) is 0 Å². The first-order chi connectivity index (χ1) is 6.94. The molecule has 0 spiro atoms. The third-order valence-corrected chi connectivity index (χ3v) is 2.13. The zero-order chi connectivity index (χ0) is 11.5. The van der Waals surface area contributed by atoms with E-state index in [9.17, 15) is 18.4 Å². The lowest BCUT2D eigenvalue weighted by Gasteiger charge is -2.16. The maximum atomic E-state index is 12.6. The Labute approximate surface area is 97.5 Å². The molecule has 0 aliphatic carbocycles. The van der Waals surface area contributed by atoms with Gasteiger partial charge in [-0.1, -0.05) is 0 Å². The van der Waals surface area contributed by atoms with E-state index < -0.39 is 31.0 Å². The van der Waals surface area contributed by atoms with Crippen LogP contribution in [0.1, 0.15) is 12.8 Å². The minimum absolute atomic E-state index is 0. The minimum Gasteiger partial charge on any atom is -0.348 e. The number of nitrogens with two attached hydrogens (primary N) is 1. The zero-order valence-corrected chi connectivity index (χ0v) is 9.28. The van der Waals surface area contributed by atoms with E-state index in [2.05, 4.69) is 10.6 Å². The third kappa shape index (κ3) is 4.28. The Morgan fingerprint density at radius 3 is 2.69 bits per heavy atom. The van der Waals surface area contributed by atoms with Gasteiger partial charge in [0, 0.05) is 6.42 Å². The largest absolute Gasteiger partial charge is 0.348 e. The standard InChI is InChI=1S/C8H13F2N3O2.ClH/c9-8(10,3-11)4-12-7(15)5-1-2-6(14)13-5;/h5H,1-4,11H2,(H,12,15)(H,13,14);1H/t5-;/m1./s1. The van der Waals surface area contributed by atoms with E-state index in [-0.39, 0.29) is 24.7 Å². The molecule has 1 aliphatic rings. The molecule has 0 bridgehead atoms. The molecule has 1 heterocycles. The summed E-state index contributed by atoms with van der Waals surface area (Å²) in [6.45, 7) is -1.61. The Kier molecular flexibility index (Phi) is 5.60. The van der Waals surface area contributed by atoms with Crippen molar-refractivity contribution in [3.8, 4) is 0 Å². The highest BCUT2D eigenvalue weighted by molar-refractivity contribution is 5.90. The van der Waals surface area contributed by atoms with Crippen LogP contribution in [0, 0.1) is 0 Å². The summed E-state index contributed by atoms with van der Waals surface area (Å²) >= 11 is 0. The molecule has 16 heavy (non-hydrogen) atoms. The van der Waals surface area contributed by atoms with Gasteiger partial charge in [0.15, 0.2) is 0 Å². The lowest BCUT2D eigenvalue weighted by Crippen LogP contribution is -2.47. The van der Waals surface area contributed by atoms with Crippen molar-refractivity contribution in [3.05, 3.63) is 0 Å². The molecule has 5 nitrogen and oxygen atoms in total. The van der Waals surface area contributed by atoms with Gasteiger partial charge >= 0.3 is 0 Å². The van der Waals surface area contributed by atoms with Gasteiger partial charge < -0.3 is 16.4 Å². The van der Waals surface area contributed by atoms with E-state index in [1.54, 1.807) is 0 Å². The van der Waals surface area contributed by atoms with Gasteiger partial charge in [-0.25, -0.2) is 8.78 Å². The lowest BCUT2D eigenvalue weighted by molar-refractivity contribution is -0.127. The van der Waals surface area contributed by atoms with Crippen molar-refractivity contribution in [1.29, 1.82) is 0 Å². The van der Waals surface area contributed by atoms with Gasteiger partial charge in [-0.2, -0.15) is 0 Å². The van der Waals surface area contributed by atoms with Gasteiger partial charge in [-0.15, -0.1) is 12.4 Å². The summed E-state index contributed by atoms with van der Waals surface area (Å²) in [5, 5.41) is 4.43. The average molecular weight is 258 g/mol. The van der Waals surface area contributed by atoms with Crippen LogP contribution in [0.3, 0.4) is 0 Å². The second-order valence-electron chi connectivity index (χ2n) is 3.44. The number of halogens is 3. The molecule has 0 saturated carbocycles. The van der Waals surface area contributed by atoms with Crippen LogP contribution in [0.15, 0.2) is 0 Å². The fraction of sp³-hybridized carbons (Fsp3) is 0.750. The second-order valence-corrected chi connectivity index (χ2v) is 3.44. The number of amides is 2. The number of hydrogen-bond acceptors (Lipinski definition) is 3. The van der Waals surface area contributed by atoms with Crippen LogP contribution in [0.5, 0.6) is 0 Å². The Morgan fingerprint density at radius 2 is 2.25 bits per heavy atom. The first-order valence-corrected chi connectivity index (χ1v) is 4.59. The molecule has 1 rings (SSSR count). The molecule has 2 amide bonds. The highest BCUT2D eigenvalue weighted by Gasteiger charge is 2.31. The number of alkyl halides is 2. The van der Waals surface area contributed by atoms with Crippen molar-refractivity contribution in [2.45, 2.75) is 24.8 Å². The van der Waals surface area contributed by atoms with Crippen molar-refractivity contribution in [2.75, 3.05) is 13.1 Å². The summed E-state index contributed by atoms with van der Waals surface area (Å²) in [5.41, 5.74) is 4.80. The number of carbonyl (C=O) groups is 2. The number of hydrogen-bond donors (Lipinski definition) is 3. The fourth-order valence-electron chi connectivity index (χ4n) is 1.22. The normalized spacial score (nSPS) is 19.9. The SMILES string of the molecule is Cl.NCC(F)(F)CNC(=O)[C@H]1CCC(=O)N1. The minimum atomic E-state index is -3.10. The van der Waals surface area contributed by atoms with Gasteiger partial charge in [-0.3, -0.25) is 9.59 Å². The Morgan fingerprint density at radius 1 is 1.62 bits per heavy atom. The van der Waals surface area contributed by atoms with Crippen LogP contribution in [0.4, 0.5) is 8.78 Å². The molecule has 0 unspecified atom stereocenters. The topological polar surface area (TPSA) is 84.2 Å². The second kappa shape index (κ2) is 5.95. The molecule has 1 fully saturated rings. The highest BCUT2D eigenvalue weighted by atomic mass is 35.5. The summed E-state index contributed by atoms with van der Waals surface area (Å²) in [4.78, 5) is 22.0. The predicted molar refractivity (Wildman–Crippen MR) is 55.4 cm³/mol. The van der Waals surface area contributed by atoms with Crippen LogP contribution in [-0.4, -0.2) is 36.9 Å². The molecule has 0 radical (unpaired) electrons. The van der Waals surface area contributed by atoms with E-state index in [4.69, 9.17) is 5.73 Å². The zero-order valence-electron chi connectivity index (χ0n) is 8.46. The van der Waals surface area contributed by atoms with E-state index in [1.165, 1.54) is 0 Å². The molecule has 1 saturated heterocycles. The van der Waals surface area contributed by atoms with Gasteiger partial charge in [0.25, 0.3) is 5.92 Å². The van der Waals surface area contributed by atoms with Gasteiger partial charge in [0.1, 0.15) is 6.04 Å². The number of nitrogens with one attached hydrogen (secondary N) is 2. The summed E-state index contributed by atoms with van der Waals surface area (Å²) in [5.74, 6) is -3.92. The molecule has 1 atom stereocenters. The third-order valence-electron chi connectivity index (χ3n) is 2.13. The molecular formula is C8H14ClF2N3O2. The summed E-state index contributed by atoms with van der Waals surface area (Å²) in [6, 6.07) is -0.689. The van der Waals surface area contributed by atoms with Crippen LogP contribution in [-0.2, 0) is 9.59 Å². The quantitative estimate of drug-likeness (QED) is 0.629.